The molecule has 2 N–H and O–H groups in total. The average Bonchev–Trinajstić information content (AvgIpc) is 2.66. The zero-order valence-electron chi connectivity index (χ0n) is 15.1. The van der Waals surface area contributed by atoms with Crippen LogP contribution in [-0.4, -0.2) is 16.3 Å². The highest BCUT2D eigenvalue weighted by molar-refractivity contribution is 5.60. The van der Waals surface area contributed by atoms with Gasteiger partial charge in [-0.05, 0) is 55.0 Å². The first-order valence-electron chi connectivity index (χ1n) is 8.47. The molecule has 1 atom stereocenters. The lowest BCUT2D eigenvalue weighted by molar-refractivity contribution is 0.241. The Morgan fingerprint density at radius 2 is 1.75 bits per heavy atom. The van der Waals surface area contributed by atoms with Crippen LogP contribution >= 0.6 is 0 Å². The number of benzene rings is 2. The molecule has 0 aromatic heterocycles. The summed E-state index contributed by atoms with van der Waals surface area (Å²) in [4.78, 5) is 0. The summed E-state index contributed by atoms with van der Waals surface area (Å²) >= 11 is 0. The normalized spacial score (nSPS) is 21.8. The fraction of sp³-hybridized carbons (Fsp3) is 0.429. The van der Waals surface area contributed by atoms with Gasteiger partial charge < -0.3 is 14.9 Å². The van der Waals surface area contributed by atoms with Crippen molar-refractivity contribution < 1.29 is 14.9 Å². The molecule has 0 amide bonds. The van der Waals surface area contributed by atoms with Crippen molar-refractivity contribution in [2.24, 2.45) is 0 Å². The first-order chi connectivity index (χ1) is 11.1. The highest BCUT2D eigenvalue weighted by Gasteiger charge is 2.48. The number of fused-ring (bicyclic) bond motifs is 1. The van der Waals surface area contributed by atoms with Crippen molar-refractivity contribution in [2.75, 3.05) is 0 Å². The van der Waals surface area contributed by atoms with E-state index in [1.807, 2.05) is 26.0 Å². The summed E-state index contributed by atoms with van der Waals surface area (Å²) in [5, 5.41) is 20.7. The molecule has 3 heteroatoms. The molecule has 1 aliphatic rings. The van der Waals surface area contributed by atoms with E-state index in [-0.39, 0.29) is 28.4 Å². The van der Waals surface area contributed by atoms with Gasteiger partial charge in [0.1, 0.15) is 17.2 Å². The van der Waals surface area contributed by atoms with Gasteiger partial charge in [0.05, 0.1) is 6.10 Å². The quantitative estimate of drug-likeness (QED) is 0.846. The number of aromatic hydroxyl groups is 2. The first-order valence-corrected chi connectivity index (χ1v) is 8.47. The summed E-state index contributed by atoms with van der Waals surface area (Å²) in [5.41, 5.74) is 2.63. The van der Waals surface area contributed by atoms with E-state index < -0.39 is 0 Å². The number of hydrogen-bond acceptors (Lipinski definition) is 3. The lowest BCUT2D eigenvalue weighted by atomic mass is 9.75. The molecule has 1 unspecified atom stereocenters. The molecule has 24 heavy (non-hydrogen) atoms. The average molecular weight is 326 g/mol. The number of phenolic OH excluding ortho intramolecular Hbond substituents is 2. The zero-order valence-corrected chi connectivity index (χ0v) is 15.1. The molecule has 0 spiro atoms. The van der Waals surface area contributed by atoms with E-state index in [9.17, 15) is 10.2 Å². The smallest absolute Gasteiger partial charge is 0.123 e. The van der Waals surface area contributed by atoms with Gasteiger partial charge in [-0.15, -0.1) is 0 Å². The second kappa shape index (κ2) is 5.44. The minimum Gasteiger partial charge on any atom is -0.508 e. The largest absolute Gasteiger partial charge is 0.508 e. The lowest BCUT2D eigenvalue weighted by Crippen LogP contribution is -2.23. The van der Waals surface area contributed by atoms with Crippen LogP contribution in [0.2, 0.25) is 0 Å². The molecular formula is C21H26O3. The van der Waals surface area contributed by atoms with Crippen LogP contribution in [0.4, 0.5) is 0 Å². The molecule has 2 aromatic carbocycles. The maximum absolute atomic E-state index is 10.8. The number of hydrogen-bond donors (Lipinski definition) is 2. The summed E-state index contributed by atoms with van der Waals surface area (Å²) in [6.07, 6.45) is 0.918. The monoisotopic (exact) mass is 326 g/mol. The zero-order chi connectivity index (χ0) is 17.7. The highest BCUT2D eigenvalue weighted by Crippen LogP contribution is 2.56. The molecule has 0 heterocycles. The molecule has 0 bridgehead atoms. The van der Waals surface area contributed by atoms with Gasteiger partial charge in [0.15, 0.2) is 0 Å². The summed E-state index contributed by atoms with van der Waals surface area (Å²) in [6, 6.07) is 11.1. The predicted molar refractivity (Wildman–Crippen MR) is 96.1 cm³/mol. The third kappa shape index (κ3) is 2.62. The number of rotatable bonds is 3. The summed E-state index contributed by atoms with van der Waals surface area (Å²) < 4.78 is 5.81. The van der Waals surface area contributed by atoms with E-state index in [4.69, 9.17) is 4.74 Å². The van der Waals surface area contributed by atoms with E-state index in [0.717, 1.165) is 23.1 Å². The van der Waals surface area contributed by atoms with Gasteiger partial charge in [-0.1, -0.05) is 32.9 Å². The van der Waals surface area contributed by atoms with Gasteiger partial charge >= 0.3 is 0 Å². The van der Waals surface area contributed by atoms with Crippen LogP contribution in [0.25, 0.3) is 0 Å². The van der Waals surface area contributed by atoms with Crippen molar-refractivity contribution in [3.05, 3.63) is 53.1 Å². The van der Waals surface area contributed by atoms with E-state index in [0.29, 0.717) is 5.75 Å². The molecule has 2 aromatic rings. The van der Waals surface area contributed by atoms with Crippen LogP contribution < -0.4 is 4.74 Å². The van der Waals surface area contributed by atoms with Crippen molar-refractivity contribution in [1.29, 1.82) is 0 Å². The van der Waals surface area contributed by atoms with E-state index in [1.165, 1.54) is 0 Å². The van der Waals surface area contributed by atoms with Crippen LogP contribution in [0.15, 0.2) is 36.4 Å². The van der Waals surface area contributed by atoms with E-state index >= 15 is 0 Å². The Balaban J connectivity index is 2.20. The van der Waals surface area contributed by atoms with Crippen LogP contribution in [0.3, 0.4) is 0 Å². The van der Waals surface area contributed by atoms with Crippen LogP contribution in [0, 0.1) is 0 Å². The van der Waals surface area contributed by atoms with Crippen molar-refractivity contribution in [1.82, 2.24) is 0 Å². The van der Waals surface area contributed by atoms with E-state index in [2.05, 4.69) is 26.8 Å². The SMILES string of the molecule is CC(C)Oc1cc(O)c2c(c1)C(C)(C)CC2(C)c1cccc(O)c1. The van der Waals surface area contributed by atoms with Gasteiger partial charge in [-0.2, -0.15) is 0 Å². The maximum atomic E-state index is 10.8. The van der Waals surface area contributed by atoms with Gasteiger partial charge in [0.25, 0.3) is 0 Å². The summed E-state index contributed by atoms with van der Waals surface area (Å²) in [7, 11) is 0. The van der Waals surface area contributed by atoms with Crippen LogP contribution in [-0.2, 0) is 10.8 Å². The third-order valence-electron chi connectivity index (χ3n) is 5.02. The fourth-order valence-corrected chi connectivity index (χ4v) is 4.22. The molecule has 128 valence electrons. The van der Waals surface area contributed by atoms with Gasteiger partial charge in [0, 0.05) is 17.0 Å². The van der Waals surface area contributed by atoms with Crippen molar-refractivity contribution in [3.8, 4) is 17.2 Å². The van der Waals surface area contributed by atoms with Gasteiger partial charge in [-0.25, -0.2) is 0 Å². The molecule has 0 radical (unpaired) electrons. The first kappa shape index (κ1) is 16.7. The molecule has 0 aliphatic heterocycles. The lowest BCUT2D eigenvalue weighted by Gasteiger charge is -2.28. The predicted octanol–water partition coefficient (Wildman–Crippen LogP) is 4.87. The fourth-order valence-electron chi connectivity index (χ4n) is 4.22. The Morgan fingerprint density at radius 3 is 2.38 bits per heavy atom. The van der Waals surface area contributed by atoms with Crippen molar-refractivity contribution in [2.45, 2.75) is 58.0 Å². The van der Waals surface area contributed by atoms with Gasteiger partial charge in [-0.3, -0.25) is 0 Å². The topological polar surface area (TPSA) is 49.7 Å². The Bertz CT molecular complexity index is 777. The van der Waals surface area contributed by atoms with Crippen LogP contribution in [0.5, 0.6) is 17.2 Å². The van der Waals surface area contributed by atoms with E-state index in [1.54, 1.807) is 18.2 Å². The molecular weight excluding hydrogens is 300 g/mol. The Morgan fingerprint density at radius 1 is 1.04 bits per heavy atom. The number of phenols is 2. The molecule has 1 aliphatic carbocycles. The summed E-state index contributed by atoms with van der Waals surface area (Å²) in [5.74, 6) is 1.22. The summed E-state index contributed by atoms with van der Waals surface area (Å²) in [6.45, 7) is 10.5. The molecule has 3 nitrogen and oxygen atoms in total. The molecule has 0 saturated heterocycles. The van der Waals surface area contributed by atoms with Gasteiger partial charge in [0.2, 0.25) is 0 Å². The maximum Gasteiger partial charge on any atom is 0.123 e. The third-order valence-corrected chi connectivity index (χ3v) is 5.02. The molecule has 0 fully saturated rings. The molecule has 0 saturated carbocycles. The highest BCUT2D eigenvalue weighted by atomic mass is 16.5. The molecule has 3 rings (SSSR count). The van der Waals surface area contributed by atoms with Crippen molar-refractivity contribution >= 4 is 0 Å². The standard InChI is InChI=1S/C21H26O3/c1-13(2)24-16-10-17-19(18(23)11-16)21(5,12-20(17,3)4)14-7-6-8-15(22)9-14/h6-11,13,22-23H,12H2,1-5H3. The minimum absolute atomic E-state index is 0.0596. The number of ether oxygens (including phenoxy) is 1. The van der Waals surface area contributed by atoms with Crippen LogP contribution in [0.1, 0.15) is 57.7 Å². The minimum atomic E-state index is -0.349. The van der Waals surface area contributed by atoms with Crippen molar-refractivity contribution in [3.63, 3.8) is 0 Å². The second-order valence-corrected chi connectivity index (χ2v) is 7.97. The Labute approximate surface area is 143 Å². The Hall–Kier alpha value is -2.16. The Kier molecular flexibility index (Phi) is 3.78. The second-order valence-electron chi connectivity index (χ2n) is 7.97.